The number of aromatic hydroxyl groups is 1. The van der Waals surface area contributed by atoms with Crippen LogP contribution in [0.2, 0.25) is 0 Å². The number of carbonyl (C=O) groups is 2. The lowest BCUT2D eigenvalue weighted by Crippen LogP contribution is -2.45. The summed E-state index contributed by atoms with van der Waals surface area (Å²) < 4.78 is 2.50. The molecule has 0 spiro atoms. The number of aromatic nitrogens is 2. The molecule has 1 aromatic heterocycles. The van der Waals surface area contributed by atoms with Crippen LogP contribution >= 0.6 is 15.9 Å². The molecule has 0 unspecified atom stereocenters. The van der Waals surface area contributed by atoms with Crippen molar-refractivity contribution in [2.45, 2.75) is 38.8 Å². The van der Waals surface area contributed by atoms with Crippen molar-refractivity contribution in [3.05, 3.63) is 82.0 Å². The van der Waals surface area contributed by atoms with E-state index in [4.69, 9.17) is 5.10 Å². The largest absolute Gasteiger partial charge is 0.507 e. The predicted octanol–water partition coefficient (Wildman–Crippen LogP) is 4.91. The quantitative estimate of drug-likeness (QED) is 0.470. The Labute approximate surface area is 219 Å². The Morgan fingerprint density at radius 3 is 2.56 bits per heavy atom. The van der Waals surface area contributed by atoms with Gasteiger partial charge in [0, 0.05) is 36.3 Å². The van der Waals surface area contributed by atoms with Crippen molar-refractivity contribution in [1.29, 1.82) is 0 Å². The van der Waals surface area contributed by atoms with Crippen LogP contribution in [0.15, 0.2) is 59.6 Å². The summed E-state index contributed by atoms with van der Waals surface area (Å²) >= 11 is 3.28. The van der Waals surface area contributed by atoms with E-state index >= 15 is 0 Å². The van der Waals surface area contributed by atoms with Crippen LogP contribution in [0, 0.1) is 0 Å². The molecule has 36 heavy (non-hydrogen) atoms. The maximum absolute atomic E-state index is 13.7. The molecular formula is C28H29BrN4O3. The first-order valence-corrected chi connectivity index (χ1v) is 13.0. The van der Waals surface area contributed by atoms with E-state index in [9.17, 15) is 14.7 Å². The van der Waals surface area contributed by atoms with Crippen LogP contribution < -0.4 is 0 Å². The molecule has 0 fully saturated rings. The first-order chi connectivity index (χ1) is 17.3. The molecule has 0 radical (unpaired) electrons. The molecule has 5 rings (SSSR count). The monoisotopic (exact) mass is 548 g/mol. The van der Waals surface area contributed by atoms with Crippen molar-refractivity contribution in [3.63, 3.8) is 0 Å². The summed E-state index contributed by atoms with van der Waals surface area (Å²) in [7, 11) is 0. The van der Waals surface area contributed by atoms with Gasteiger partial charge in [-0.05, 0) is 58.1 Å². The van der Waals surface area contributed by atoms with E-state index in [2.05, 4.69) is 60.6 Å². The fourth-order valence-corrected chi connectivity index (χ4v) is 5.43. The molecular weight excluding hydrogens is 520 g/mol. The van der Waals surface area contributed by atoms with Gasteiger partial charge in [0.15, 0.2) is 0 Å². The highest BCUT2D eigenvalue weighted by Gasteiger charge is 2.40. The standard InChI is InChI=1S/C28H29BrN4O3/c1-4-25(35)31-13-14-33-27-21(26(30-33)19-7-5-18(6-8-19)17(2)3)11-12-32(23(27)16-31)28(36)20-9-10-22(29)24(34)15-20/h4-10,15,17,23,34H,1,11-14,16H2,2-3H3/t23-/m1/s1. The van der Waals surface area contributed by atoms with Crippen LogP contribution in [0.25, 0.3) is 11.3 Å². The SMILES string of the molecule is C=CC(=O)N1CCn2nc(-c3ccc(C(C)C)cc3)c3c2[C@@H](C1)N(C(=O)c1ccc(Br)c(O)c1)CC3. The minimum atomic E-state index is -0.352. The maximum Gasteiger partial charge on any atom is 0.254 e. The fourth-order valence-electron chi connectivity index (χ4n) is 5.18. The number of halogens is 1. The molecule has 3 heterocycles. The zero-order valence-corrected chi connectivity index (χ0v) is 22.0. The molecule has 2 amide bonds. The van der Waals surface area contributed by atoms with E-state index in [0.29, 0.717) is 48.6 Å². The Kier molecular flexibility index (Phi) is 6.47. The number of amides is 2. The van der Waals surface area contributed by atoms with Gasteiger partial charge < -0.3 is 14.9 Å². The van der Waals surface area contributed by atoms with Crippen LogP contribution in [0.3, 0.4) is 0 Å². The van der Waals surface area contributed by atoms with E-state index in [1.807, 2.05) is 9.58 Å². The van der Waals surface area contributed by atoms with Crippen LogP contribution in [0.4, 0.5) is 0 Å². The van der Waals surface area contributed by atoms with Crippen molar-refractivity contribution in [2.24, 2.45) is 0 Å². The zero-order chi connectivity index (χ0) is 25.6. The molecule has 3 aromatic rings. The fraction of sp³-hybridized carbons (Fsp3) is 0.321. The first kappa shape index (κ1) is 24.3. The van der Waals surface area contributed by atoms with Crippen LogP contribution in [-0.2, 0) is 17.8 Å². The molecule has 0 saturated heterocycles. The van der Waals surface area contributed by atoms with E-state index in [1.165, 1.54) is 17.7 Å². The second-order valence-electron chi connectivity index (χ2n) is 9.63. The van der Waals surface area contributed by atoms with Gasteiger partial charge in [-0.25, -0.2) is 0 Å². The summed E-state index contributed by atoms with van der Waals surface area (Å²) in [6, 6.07) is 13.0. The van der Waals surface area contributed by atoms with E-state index in [1.54, 1.807) is 17.0 Å². The summed E-state index contributed by atoms with van der Waals surface area (Å²) in [5.74, 6) is 0.120. The lowest BCUT2D eigenvalue weighted by Gasteiger charge is -2.37. The van der Waals surface area contributed by atoms with Gasteiger partial charge in [0.25, 0.3) is 5.91 Å². The first-order valence-electron chi connectivity index (χ1n) is 12.2. The number of phenols is 1. The number of phenolic OH excluding ortho intramolecular Hbond substituents is 1. The third-order valence-corrected chi connectivity index (χ3v) is 7.83. The van der Waals surface area contributed by atoms with Gasteiger partial charge in [0.1, 0.15) is 5.75 Å². The van der Waals surface area contributed by atoms with Crippen molar-refractivity contribution < 1.29 is 14.7 Å². The van der Waals surface area contributed by atoms with E-state index in [-0.39, 0.29) is 23.6 Å². The number of hydrogen-bond donors (Lipinski definition) is 1. The van der Waals surface area contributed by atoms with Gasteiger partial charge in [-0.1, -0.05) is 44.7 Å². The number of benzene rings is 2. The average molecular weight is 549 g/mol. The minimum Gasteiger partial charge on any atom is -0.507 e. The summed E-state index contributed by atoms with van der Waals surface area (Å²) in [6.45, 7) is 9.89. The average Bonchev–Trinajstić information content (AvgIpc) is 3.14. The van der Waals surface area contributed by atoms with Crippen molar-refractivity contribution in [3.8, 4) is 17.0 Å². The Morgan fingerprint density at radius 2 is 1.89 bits per heavy atom. The molecule has 1 N–H and O–H groups in total. The molecule has 0 aliphatic carbocycles. The van der Waals surface area contributed by atoms with Crippen LogP contribution in [0.5, 0.6) is 5.75 Å². The van der Waals surface area contributed by atoms with E-state index < -0.39 is 0 Å². The highest BCUT2D eigenvalue weighted by molar-refractivity contribution is 9.10. The van der Waals surface area contributed by atoms with Crippen molar-refractivity contribution >= 4 is 27.7 Å². The molecule has 7 nitrogen and oxygen atoms in total. The number of hydrogen-bond acceptors (Lipinski definition) is 4. The highest BCUT2D eigenvalue weighted by atomic mass is 79.9. The molecule has 2 aliphatic heterocycles. The zero-order valence-electron chi connectivity index (χ0n) is 20.4. The van der Waals surface area contributed by atoms with Gasteiger partial charge in [-0.2, -0.15) is 5.10 Å². The smallest absolute Gasteiger partial charge is 0.254 e. The van der Waals surface area contributed by atoms with E-state index in [0.717, 1.165) is 22.5 Å². The predicted molar refractivity (Wildman–Crippen MR) is 142 cm³/mol. The number of rotatable bonds is 4. The Morgan fingerprint density at radius 1 is 1.14 bits per heavy atom. The molecule has 2 aromatic carbocycles. The van der Waals surface area contributed by atoms with Crippen LogP contribution in [0.1, 0.15) is 53.0 Å². The minimum absolute atomic E-state index is 0.0139. The van der Waals surface area contributed by atoms with Gasteiger partial charge in [-0.15, -0.1) is 0 Å². The summed E-state index contributed by atoms with van der Waals surface area (Å²) in [5.41, 5.74) is 5.80. The Hall–Kier alpha value is -3.39. The second kappa shape index (κ2) is 9.58. The maximum atomic E-state index is 13.7. The molecule has 0 saturated carbocycles. The number of nitrogens with zero attached hydrogens (tertiary/aromatic N) is 4. The normalized spacial score (nSPS) is 17.1. The summed E-state index contributed by atoms with van der Waals surface area (Å²) in [6.07, 6.45) is 1.98. The summed E-state index contributed by atoms with van der Waals surface area (Å²) in [5, 5.41) is 15.2. The highest BCUT2D eigenvalue weighted by Crippen LogP contribution is 2.39. The third-order valence-electron chi connectivity index (χ3n) is 7.15. The topological polar surface area (TPSA) is 78.7 Å². The summed E-state index contributed by atoms with van der Waals surface area (Å²) in [4.78, 5) is 29.8. The van der Waals surface area contributed by atoms with Gasteiger partial charge >= 0.3 is 0 Å². The van der Waals surface area contributed by atoms with Gasteiger partial charge in [-0.3, -0.25) is 14.3 Å². The second-order valence-corrected chi connectivity index (χ2v) is 10.5. The molecule has 1 atom stereocenters. The molecule has 0 bridgehead atoms. The number of carbonyl (C=O) groups excluding carboxylic acids is 2. The van der Waals surface area contributed by atoms with Gasteiger partial charge in [0.05, 0.1) is 28.4 Å². The third kappa shape index (κ3) is 4.23. The molecule has 8 heteroatoms. The van der Waals surface area contributed by atoms with Gasteiger partial charge in [0.2, 0.25) is 5.91 Å². The Bertz CT molecular complexity index is 1350. The van der Waals surface area contributed by atoms with Crippen LogP contribution in [-0.4, -0.2) is 56.1 Å². The van der Waals surface area contributed by atoms with Crippen molar-refractivity contribution in [1.82, 2.24) is 19.6 Å². The Balaban J connectivity index is 1.57. The lowest BCUT2D eigenvalue weighted by atomic mass is 9.93. The van der Waals surface area contributed by atoms with Crippen molar-refractivity contribution in [2.75, 3.05) is 19.6 Å². The molecule has 2 aliphatic rings. The molecule has 186 valence electrons. The lowest BCUT2D eigenvalue weighted by molar-refractivity contribution is -0.126.